The summed E-state index contributed by atoms with van der Waals surface area (Å²) in [5.41, 5.74) is 9.72. The van der Waals surface area contributed by atoms with Gasteiger partial charge in [0.25, 0.3) is 5.91 Å². The third-order valence-corrected chi connectivity index (χ3v) is 8.74. The third-order valence-electron chi connectivity index (χ3n) is 6.53. The molecule has 9 heteroatoms. The number of halogens is 1. The first-order valence-corrected chi connectivity index (χ1v) is 15.0. The van der Waals surface area contributed by atoms with Crippen molar-refractivity contribution in [2.24, 2.45) is 5.10 Å². The van der Waals surface area contributed by atoms with Gasteiger partial charge >= 0.3 is 0 Å². The zero-order valence-electron chi connectivity index (χ0n) is 22.3. The van der Waals surface area contributed by atoms with Crippen LogP contribution in [0.5, 0.6) is 0 Å². The normalized spacial score (nSPS) is 12.5. The quantitative estimate of drug-likeness (QED) is 0.145. The van der Waals surface area contributed by atoms with E-state index in [0.717, 1.165) is 42.9 Å². The summed E-state index contributed by atoms with van der Waals surface area (Å²) in [4.78, 5) is 13.3. The molecule has 0 aliphatic carbocycles. The molecule has 1 atom stereocenters. The van der Waals surface area contributed by atoms with Crippen LogP contribution in [0.1, 0.15) is 33.6 Å². The van der Waals surface area contributed by atoms with Gasteiger partial charge in [-0.1, -0.05) is 48.5 Å². The number of rotatable bonds is 9. The highest BCUT2D eigenvalue weighted by Crippen LogP contribution is 2.25. The maximum Gasteiger partial charge on any atom is 0.258 e. The number of carbonyl (C=O) groups is 1. The van der Waals surface area contributed by atoms with Crippen LogP contribution in [0.15, 0.2) is 88.9 Å². The number of hydrogen-bond acceptors (Lipinski definition) is 4. The first-order valence-electron chi connectivity index (χ1n) is 12.5. The average Bonchev–Trinajstić information content (AvgIpc) is 3.17. The van der Waals surface area contributed by atoms with E-state index in [9.17, 15) is 13.2 Å². The van der Waals surface area contributed by atoms with E-state index in [2.05, 4.69) is 68.4 Å². The summed E-state index contributed by atoms with van der Waals surface area (Å²) in [6, 6.07) is 22.9. The molecule has 0 radical (unpaired) electrons. The fourth-order valence-electron chi connectivity index (χ4n) is 4.57. The standard InChI is InChI=1S/C30H31IN4O3S/c1-20-9-8-10-21(2)29(20)35-22(3)17-25(23(35)4)19-32-33-30(36)28(18-24-11-6-5-7-12-24)34-39(37,38)27-15-13-26(31)14-16-27/h5-17,19,28,34H,18H2,1-4H3,(H,33,36)/b32-19-/t28-/m0/s1. The van der Waals surface area contributed by atoms with Gasteiger partial charge in [-0.05, 0) is 104 Å². The number of aromatic nitrogens is 1. The fraction of sp³-hybridized carbons (Fsp3) is 0.200. The highest BCUT2D eigenvalue weighted by atomic mass is 127. The topological polar surface area (TPSA) is 92.6 Å². The van der Waals surface area contributed by atoms with Gasteiger partial charge in [0, 0.05) is 20.5 Å². The van der Waals surface area contributed by atoms with Crippen molar-refractivity contribution in [1.29, 1.82) is 0 Å². The van der Waals surface area contributed by atoms with E-state index in [1.807, 2.05) is 56.3 Å². The van der Waals surface area contributed by atoms with Gasteiger partial charge in [0.2, 0.25) is 10.0 Å². The second kappa shape index (κ2) is 12.3. The smallest absolute Gasteiger partial charge is 0.258 e. The lowest BCUT2D eigenvalue weighted by molar-refractivity contribution is -0.122. The van der Waals surface area contributed by atoms with Crippen LogP contribution in [0.3, 0.4) is 0 Å². The van der Waals surface area contributed by atoms with Crippen LogP contribution < -0.4 is 10.1 Å². The largest absolute Gasteiger partial charge is 0.317 e. The Bertz CT molecular complexity index is 1590. The first-order chi connectivity index (χ1) is 18.6. The van der Waals surface area contributed by atoms with Crippen molar-refractivity contribution in [1.82, 2.24) is 14.7 Å². The van der Waals surface area contributed by atoms with E-state index in [4.69, 9.17) is 0 Å². The molecule has 0 spiro atoms. The van der Waals surface area contributed by atoms with Gasteiger partial charge in [0.15, 0.2) is 0 Å². The minimum atomic E-state index is -3.94. The van der Waals surface area contributed by atoms with Crippen LogP contribution in [0, 0.1) is 31.3 Å². The Labute approximate surface area is 243 Å². The van der Waals surface area contributed by atoms with Crippen LogP contribution in [-0.2, 0) is 21.2 Å². The summed E-state index contributed by atoms with van der Waals surface area (Å²) in [6.45, 7) is 8.21. The van der Waals surface area contributed by atoms with Gasteiger partial charge in [0.05, 0.1) is 16.8 Å². The Hall–Kier alpha value is -3.28. The van der Waals surface area contributed by atoms with E-state index in [-0.39, 0.29) is 11.3 Å². The van der Waals surface area contributed by atoms with Crippen molar-refractivity contribution < 1.29 is 13.2 Å². The van der Waals surface area contributed by atoms with Crippen LogP contribution in [0.2, 0.25) is 0 Å². The monoisotopic (exact) mass is 654 g/mol. The zero-order chi connectivity index (χ0) is 28.2. The SMILES string of the molecule is Cc1cccc(C)c1-n1c(C)cc(/C=N\NC(=O)[C@H](Cc2ccccc2)NS(=O)(=O)c2ccc(I)cc2)c1C. The lowest BCUT2D eigenvalue weighted by atomic mass is 10.1. The zero-order valence-corrected chi connectivity index (χ0v) is 25.2. The summed E-state index contributed by atoms with van der Waals surface area (Å²) >= 11 is 2.11. The van der Waals surface area contributed by atoms with Crippen LogP contribution in [-0.4, -0.2) is 31.1 Å². The van der Waals surface area contributed by atoms with Crippen LogP contribution in [0.25, 0.3) is 5.69 Å². The van der Waals surface area contributed by atoms with Crippen molar-refractivity contribution in [3.63, 3.8) is 0 Å². The molecular weight excluding hydrogens is 623 g/mol. The molecule has 0 saturated carbocycles. The molecule has 0 bridgehead atoms. The molecular formula is C30H31IN4O3S. The Morgan fingerprint density at radius 2 is 1.59 bits per heavy atom. The highest BCUT2D eigenvalue weighted by Gasteiger charge is 2.26. The summed E-state index contributed by atoms with van der Waals surface area (Å²) < 4.78 is 31.8. The van der Waals surface area contributed by atoms with E-state index in [1.165, 1.54) is 12.1 Å². The second-order valence-corrected chi connectivity index (χ2v) is 12.4. The molecule has 3 aromatic carbocycles. The molecule has 0 saturated heterocycles. The minimum absolute atomic E-state index is 0.0937. The van der Waals surface area contributed by atoms with Gasteiger partial charge in [-0.15, -0.1) is 0 Å². The van der Waals surface area contributed by atoms with Crippen LogP contribution >= 0.6 is 22.6 Å². The number of hydrazone groups is 1. The molecule has 0 fully saturated rings. The lowest BCUT2D eigenvalue weighted by Gasteiger charge is -2.17. The average molecular weight is 655 g/mol. The number of nitrogens with zero attached hydrogens (tertiary/aromatic N) is 2. The number of benzene rings is 3. The van der Waals surface area contributed by atoms with Gasteiger partial charge < -0.3 is 4.57 Å². The van der Waals surface area contributed by atoms with E-state index in [1.54, 1.807) is 18.3 Å². The Kier molecular flexibility index (Phi) is 9.04. The highest BCUT2D eigenvalue weighted by molar-refractivity contribution is 14.1. The predicted molar refractivity (Wildman–Crippen MR) is 164 cm³/mol. The van der Waals surface area contributed by atoms with Gasteiger partial charge in [-0.2, -0.15) is 9.82 Å². The molecule has 1 heterocycles. The lowest BCUT2D eigenvalue weighted by Crippen LogP contribution is -2.46. The van der Waals surface area contributed by atoms with Gasteiger partial charge in [0.1, 0.15) is 6.04 Å². The fourth-order valence-corrected chi connectivity index (χ4v) is 6.13. The molecule has 1 amide bonds. The Balaban J connectivity index is 1.56. The number of hydrogen-bond donors (Lipinski definition) is 2. The molecule has 4 aromatic rings. The molecule has 1 aromatic heterocycles. The number of carbonyl (C=O) groups excluding carboxylic acids is 1. The van der Waals surface area contributed by atoms with Crippen molar-refractivity contribution in [2.45, 2.75) is 45.1 Å². The number of para-hydroxylation sites is 1. The van der Waals surface area contributed by atoms with Crippen molar-refractivity contribution in [3.05, 3.63) is 116 Å². The van der Waals surface area contributed by atoms with E-state index in [0.29, 0.717) is 0 Å². The number of nitrogens with one attached hydrogen (secondary N) is 2. The predicted octanol–water partition coefficient (Wildman–Crippen LogP) is 5.36. The summed E-state index contributed by atoms with van der Waals surface area (Å²) in [5, 5.41) is 4.20. The van der Waals surface area contributed by atoms with Crippen molar-refractivity contribution in [2.75, 3.05) is 0 Å². The Morgan fingerprint density at radius 1 is 0.949 bits per heavy atom. The van der Waals surface area contributed by atoms with Gasteiger partial charge in [-0.3, -0.25) is 4.79 Å². The Morgan fingerprint density at radius 3 is 2.23 bits per heavy atom. The van der Waals surface area contributed by atoms with E-state index < -0.39 is 22.0 Å². The van der Waals surface area contributed by atoms with Gasteiger partial charge in [-0.25, -0.2) is 13.8 Å². The van der Waals surface area contributed by atoms with Crippen molar-refractivity contribution in [3.8, 4) is 5.69 Å². The maximum absolute atomic E-state index is 13.2. The number of aryl methyl sites for hydroxylation is 3. The molecule has 0 aliphatic heterocycles. The molecule has 7 nitrogen and oxygen atoms in total. The molecule has 4 rings (SSSR count). The molecule has 202 valence electrons. The first kappa shape index (κ1) is 28.7. The van der Waals surface area contributed by atoms with E-state index >= 15 is 0 Å². The van der Waals surface area contributed by atoms with Crippen molar-refractivity contribution >= 4 is 44.7 Å². The second-order valence-electron chi connectivity index (χ2n) is 9.45. The third kappa shape index (κ3) is 6.84. The molecule has 39 heavy (non-hydrogen) atoms. The minimum Gasteiger partial charge on any atom is -0.317 e. The summed E-state index contributed by atoms with van der Waals surface area (Å²) in [7, 11) is -3.94. The summed E-state index contributed by atoms with van der Waals surface area (Å²) in [5.74, 6) is -0.548. The maximum atomic E-state index is 13.2. The molecule has 0 aliphatic rings. The van der Waals surface area contributed by atoms with Crippen LogP contribution in [0.4, 0.5) is 0 Å². The number of amides is 1. The number of sulfonamides is 1. The summed E-state index contributed by atoms with van der Waals surface area (Å²) in [6.07, 6.45) is 1.77. The molecule has 0 unspecified atom stereocenters. The molecule has 2 N–H and O–H groups in total.